The van der Waals surface area contributed by atoms with Gasteiger partial charge in [0.25, 0.3) is 5.91 Å². The Morgan fingerprint density at radius 2 is 2.10 bits per heavy atom. The van der Waals surface area contributed by atoms with Crippen LogP contribution in [0.4, 0.5) is 24.1 Å². The first kappa shape index (κ1) is 18.7. The third-order valence-corrected chi connectivity index (χ3v) is 5.56. The Balaban J connectivity index is 1.46. The molecule has 2 N–H and O–H groups in total. The second-order valence-electron chi connectivity index (χ2n) is 6.75. The van der Waals surface area contributed by atoms with E-state index in [1.807, 2.05) is 0 Å². The van der Waals surface area contributed by atoms with Crippen LogP contribution in [-0.2, 0) is 0 Å². The lowest BCUT2D eigenvalue weighted by atomic mass is 9.96. The van der Waals surface area contributed by atoms with Crippen LogP contribution in [0.3, 0.4) is 0 Å². The number of hydrogen-bond acceptors (Lipinski definition) is 7. The fraction of sp³-hybridized carbons (Fsp3) is 0.278. The number of ether oxygens (including phenoxy) is 2. The number of nitrogens with one attached hydrogen (secondary N) is 2. The van der Waals surface area contributed by atoms with E-state index >= 15 is 0 Å². The number of benzene rings is 1. The van der Waals surface area contributed by atoms with Crippen molar-refractivity contribution in [1.29, 1.82) is 0 Å². The van der Waals surface area contributed by atoms with E-state index in [4.69, 9.17) is 9.47 Å². The molecule has 1 aromatic carbocycles. The Bertz CT molecular complexity index is 1100. The lowest BCUT2D eigenvalue weighted by Crippen LogP contribution is -2.35. The van der Waals surface area contributed by atoms with Crippen LogP contribution in [0.5, 0.6) is 11.5 Å². The van der Waals surface area contributed by atoms with Gasteiger partial charge in [0.15, 0.2) is 28.4 Å². The van der Waals surface area contributed by atoms with E-state index in [2.05, 4.69) is 20.7 Å². The standard InChI is InChI=1S/C18H14F3N5O3S/c19-18(20,21)14-6-10(9-1-2-12-13(5-9)29-8-28-12)23-15-7-11(25-26(14)15)16(27)24-17-22-3-4-30-17/h1-5,7,10,14,23H,6,8H2,(H,22,24,27). The number of thiazole rings is 1. The van der Waals surface area contributed by atoms with Crippen LogP contribution >= 0.6 is 11.3 Å². The molecular formula is C18H14F3N5O3S. The van der Waals surface area contributed by atoms with Crippen molar-refractivity contribution in [2.24, 2.45) is 0 Å². The van der Waals surface area contributed by atoms with E-state index in [1.165, 1.54) is 23.6 Å². The van der Waals surface area contributed by atoms with E-state index < -0.39 is 24.2 Å². The molecule has 8 nitrogen and oxygen atoms in total. The van der Waals surface area contributed by atoms with E-state index in [-0.39, 0.29) is 24.7 Å². The molecular weight excluding hydrogens is 423 g/mol. The third-order valence-electron chi connectivity index (χ3n) is 4.87. The highest BCUT2D eigenvalue weighted by atomic mass is 32.1. The molecule has 1 amide bonds. The molecule has 2 aromatic heterocycles. The van der Waals surface area contributed by atoms with Gasteiger partial charge in [0.1, 0.15) is 5.82 Å². The minimum atomic E-state index is -4.54. The first-order chi connectivity index (χ1) is 14.4. The zero-order valence-electron chi connectivity index (χ0n) is 15.1. The number of fused-ring (bicyclic) bond motifs is 2. The molecule has 0 fully saturated rings. The van der Waals surface area contributed by atoms with Gasteiger partial charge in [-0.3, -0.25) is 10.1 Å². The number of anilines is 2. The Morgan fingerprint density at radius 3 is 2.87 bits per heavy atom. The molecule has 0 saturated heterocycles. The predicted molar refractivity (Wildman–Crippen MR) is 101 cm³/mol. The summed E-state index contributed by atoms with van der Waals surface area (Å²) in [6.45, 7) is 0.0758. The van der Waals surface area contributed by atoms with Gasteiger partial charge in [-0.1, -0.05) is 6.07 Å². The van der Waals surface area contributed by atoms with Crippen molar-refractivity contribution >= 4 is 28.2 Å². The van der Waals surface area contributed by atoms with Crippen molar-refractivity contribution < 1.29 is 27.4 Å². The van der Waals surface area contributed by atoms with Gasteiger partial charge in [-0.2, -0.15) is 18.3 Å². The second-order valence-corrected chi connectivity index (χ2v) is 7.65. The number of carbonyl (C=O) groups excluding carboxylic acids is 1. The zero-order valence-corrected chi connectivity index (χ0v) is 16.0. The van der Waals surface area contributed by atoms with E-state index in [9.17, 15) is 18.0 Å². The fourth-order valence-electron chi connectivity index (χ4n) is 3.48. The Kier molecular flexibility index (Phi) is 4.31. The van der Waals surface area contributed by atoms with E-state index in [0.29, 0.717) is 22.2 Å². The molecule has 5 rings (SSSR count). The number of rotatable bonds is 3. The molecule has 0 radical (unpaired) electrons. The third kappa shape index (κ3) is 3.32. The van der Waals surface area contributed by atoms with Gasteiger partial charge in [0.2, 0.25) is 6.79 Å². The second kappa shape index (κ2) is 6.90. The van der Waals surface area contributed by atoms with Gasteiger partial charge in [0, 0.05) is 24.1 Å². The molecule has 4 heterocycles. The molecule has 0 saturated carbocycles. The number of hydrogen-bond donors (Lipinski definition) is 2. The summed E-state index contributed by atoms with van der Waals surface area (Å²) in [5.41, 5.74) is 0.489. The number of halogens is 3. The minimum Gasteiger partial charge on any atom is -0.454 e. The lowest BCUT2D eigenvalue weighted by molar-refractivity contribution is -0.173. The maximum Gasteiger partial charge on any atom is 0.410 e. The summed E-state index contributed by atoms with van der Waals surface area (Å²) in [6, 6.07) is 3.80. The van der Waals surface area contributed by atoms with Gasteiger partial charge in [-0.05, 0) is 17.7 Å². The van der Waals surface area contributed by atoms with E-state index in [1.54, 1.807) is 23.6 Å². The molecule has 2 aliphatic heterocycles. The predicted octanol–water partition coefficient (Wildman–Crippen LogP) is 3.98. The van der Waals surface area contributed by atoms with Gasteiger partial charge in [-0.15, -0.1) is 11.3 Å². The first-order valence-corrected chi connectivity index (χ1v) is 9.79. The number of nitrogens with zero attached hydrogens (tertiary/aromatic N) is 3. The van der Waals surface area contributed by atoms with Crippen LogP contribution in [0.2, 0.25) is 0 Å². The van der Waals surface area contributed by atoms with Crippen molar-refractivity contribution in [3.8, 4) is 11.5 Å². The number of aromatic nitrogens is 3. The van der Waals surface area contributed by atoms with Crippen molar-refractivity contribution in [1.82, 2.24) is 14.8 Å². The monoisotopic (exact) mass is 437 g/mol. The Morgan fingerprint density at radius 1 is 1.27 bits per heavy atom. The highest BCUT2D eigenvalue weighted by molar-refractivity contribution is 7.13. The molecule has 2 unspecified atom stereocenters. The topological polar surface area (TPSA) is 90.3 Å². The highest BCUT2D eigenvalue weighted by Gasteiger charge is 2.47. The van der Waals surface area contributed by atoms with Crippen LogP contribution in [0.25, 0.3) is 0 Å². The van der Waals surface area contributed by atoms with Gasteiger partial charge in [0.05, 0.1) is 6.04 Å². The average Bonchev–Trinajstić information content (AvgIpc) is 3.45. The molecule has 30 heavy (non-hydrogen) atoms. The number of alkyl halides is 3. The molecule has 0 aliphatic carbocycles. The van der Waals surface area contributed by atoms with Crippen molar-refractivity contribution in [3.05, 3.63) is 47.1 Å². The van der Waals surface area contributed by atoms with Crippen LogP contribution < -0.4 is 20.1 Å². The summed E-state index contributed by atoms with van der Waals surface area (Å²) in [6.07, 6.45) is -3.32. The minimum absolute atomic E-state index is 0.0758. The van der Waals surface area contributed by atoms with Crippen LogP contribution in [0.1, 0.15) is 34.6 Å². The molecule has 0 spiro atoms. The Hall–Kier alpha value is -3.28. The first-order valence-electron chi connectivity index (χ1n) is 8.91. The summed E-state index contributed by atoms with van der Waals surface area (Å²) in [5.74, 6) is 0.512. The van der Waals surface area contributed by atoms with Crippen molar-refractivity contribution in [2.75, 3.05) is 17.4 Å². The largest absolute Gasteiger partial charge is 0.454 e. The SMILES string of the molecule is O=C(Nc1nccs1)c1cc2n(n1)C(C(F)(F)F)CC(c1ccc3c(c1)OCO3)N2. The summed E-state index contributed by atoms with van der Waals surface area (Å²) in [5, 5.41) is 11.5. The van der Waals surface area contributed by atoms with Crippen LogP contribution in [-0.4, -0.2) is 33.6 Å². The quantitative estimate of drug-likeness (QED) is 0.644. The number of amides is 1. The maximum atomic E-state index is 13.8. The van der Waals surface area contributed by atoms with Crippen molar-refractivity contribution in [3.63, 3.8) is 0 Å². The number of carbonyl (C=O) groups is 1. The van der Waals surface area contributed by atoms with Gasteiger partial charge in [-0.25, -0.2) is 9.67 Å². The fourth-order valence-corrected chi connectivity index (χ4v) is 4.00. The average molecular weight is 437 g/mol. The van der Waals surface area contributed by atoms with Gasteiger partial charge >= 0.3 is 6.18 Å². The summed E-state index contributed by atoms with van der Waals surface area (Å²) in [4.78, 5) is 16.3. The van der Waals surface area contributed by atoms with Crippen LogP contribution in [0.15, 0.2) is 35.8 Å². The van der Waals surface area contributed by atoms with E-state index in [0.717, 1.165) is 4.68 Å². The molecule has 3 aromatic rings. The van der Waals surface area contributed by atoms with Crippen molar-refractivity contribution in [2.45, 2.75) is 24.7 Å². The zero-order chi connectivity index (χ0) is 20.9. The summed E-state index contributed by atoms with van der Waals surface area (Å²) >= 11 is 1.20. The summed E-state index contributed by atoms with van der Waals surface area (Å²) < 4.78 is 52.8. The lowest BCUT2D eigenvalue weighted by Gasteiger charge is -2.33. The Labute approximate surface area is 171 Å². The molecule has 0 bridgehead atoms. The maximum absolute atomic E-state index is 13.8. The normalized spacial score (nSPS) is 19.8. The van der Waals surface area contributed by atoms with Crippen LogP contribution in [0, 0.1) is 0 Å². The molecule has 12 heteroatoms. The molecule has 2 atom stereocenters. The van der Waals surface area contributed by atoms with Gasteiger partial charge < -0.3 is 14.8 Å². The highest BCUT2D eigenvalue weighted by Crippen LogP contribution is 2.45. The molecule has 156 valence electrons. The smallest absolute Gasteiger partial charge is 0.410 e. The molecule has 2 aliphatic rings. The summed E-state index contributed by atoms with van der Waals surface area (Å²) in [7, 11) is 0.